The lowest BCUT2D eigenvalue weighted by molar-refractivity contribution is 0.755. The zero-order chi connectivity index (χ0) is 10.4. The van der Waals surface area contributed by atoms with E-state index in [1.807, 2.05) is 25.5 Å². The number of hydrogen-bond donors (Lipinski definition) is 1. The van der Waals surface area contributed by atoms with Crippen LogP contribution in [0.4, 0.5) is 0 Å². The van der Waals surface area contributed by atoms with Crippen LogP contribution in [-0.4, -0.2) is 14.5 Å². The Morgan fingerprint density at radius 2 is 2.27 bits per heavy atom. The molecule has 1 fully saturated rings. The minimum absolute atomic E-state index is 0.0213. The molecule has 0 saturated heterocycles. The van der Waals surface area contributed by atoms with Gasteiger partial charge in [0.05, 0.1) is 6.33 Å². The SMILES string of the molecule is CC(N)c1cnc2c(c1)ncn2C1CC1. The first-order chi connectivity index (χ1) is 7.25. The molecule has 1 unspecified atom stereocenters. The third-order valence-corrected chi connectivity index (χ3v) is 2.90. The molecule has 4 heteroatoms. The molecule has 0 amide bonds. The molecule has 0 aliphatic heterocycles. The molecule has 0 radical (unpaired) electrons. The Balaban J connectivity index is 2.13. The molecule has 1 aliphatic rings. The van der Waals surface area contributed by atoms with Gasteiger partial charge in [0, 0.05) is 18.3 Å². The summed E-state index contributed by atoms with van der Waals surface area (Å²) in [6.45, 7) is 1.96. The third-order valence-electron chi connectivity index (χ3n) is 2.90. The maximum absolute atomic E-state index is 5.81. The molecule has 78 valence electrons. The van der Waals surface area contributed by atoms with E-state index in [1.54, 1.807) is 0 Å². The fraction of sp³-hybridized carbons (Fsp3) is 0.455. The van der Waals surface area contributed by atoms with Crippen LogP contribution in [0, 0.1) is 0 Å². The topological polar surface area (TPSA) is 56.7 Å². The van der Waals surface area contributed by atoms with Crippen LogP contribution in [0.25, 0.3) is 11.2 Å². The number of nitrogens with zero attached hydrogens (tertiary/aromatic N) is 3. The smallest absolute Gasteiger partial charge is 0.160 e. The van der Waals surface area contributed by atoms with Gasteiger partial charge in [0.25, 0.3) is 0 Å². The first-order valence-corrected chi connectivity index (χ1v) is 5.34. The van der Waals surface area contributed by atoms with Gasteiger partial charge >= 0.3 is 0 Å². The van der Waals surface area contributed by atoms with E-state index >= 15 is 0 Å². The predicted molar refractivity (Wildman–Crippen MR) is 58.4 cm³/mol. The molecule has 4 nitrogen and oxygen atoms in total. The van der Waals surface area contributed by atoms with Crippen molar-refractivity contribution < 1.29 is 0 Å². The second-order valence-corrected chi connectivity index (χ2v) is 4.28. The van der Waals surface area contributed by atoms with Crippen molar-refractivity contribution in [1.82, 2.24) is 14.5 Å². The molecular weight excluding hydrogens is 188 g/mol. The summed E-state index contributed by atoms with van der Waals surface area (Å²) in [6, 6.07) is 2.68. The van der Waals surface area contributed by atoms with Crippen molar-refractivity contribution in [1.29, 1.82) is 0 Å². The van der Waals surface area contributed by atoms with Gasteiger partial charge in [-0.1, -0.05) is 0 Å². The Bertz CT molecular complexity index is 496. The van der Waals surface area contributed by atoms with E-state index in [2.05, 4.69) is 14.5 Å². The molecule has 1 saturated carbocycles. The average molecular weight is 202 g/mol. The number of hydrogen-bond acceptors (Lipinski definition) is 3. The Kier molecular flexibility index (Phi) is 1.79. The minimum Gasteiger partial charge on any atom is -0.324 e. The first-order valence-electron chi connectivity index (χ1n) is 5.34. The molecule has 0 bridgehead atoms. The van der Waals surface area contributed by atoms with E-state index in [1.165, 1.54) is 12.8 Å². The van der Waals surface area contributed by atoms with Crippen molar-refractivity contribution >= 4 is 11.2 Å². The zero-order valence-corrected chi connectivity index (χ0v) is 8.72. The molecule has 15 heavy (non-hydrogen) atoms. The first kappa shape index (κ1) is 8.85. The summed E-state index contributed by atoms with van der Waals surface area (Å²) < 4.78 is 2.17. The molecule has 0 aromatic carbocycles. The van der Waals surface area contributed by atoms with Crippen molar-refractivity contribution in [3.63, 3.8) is 0 Å². The van der Waals surface area contributed by atoms with Crippen LogP contribution in [0.3, 0.4) is 0 Å². The van der Waals surface area contributed by atoms with Gasteiger partial charge in [0.2, 0.25) is 0 Å². The second kappa shape index (κ2) is 3.03. The Morgan fingerprint density at radius 3 is 2.93 bits per heavy atom. The fourth-order valence-corrected chi connectivity index (χ4v) is 1.80. The van der Waals surface area contributed by atoms with E-state index in [9.17, 15) is 0 Å². The summed E-state index contributed by atoms with van der Waals surface area (Å²) in [5, 5.41) is 0. The Morgan fingerprint density at radius 1 is 1.47 bits per heavy atom. The van der Waals surface area contributed by atoms with Gasteiger partial charge in [-0.2, -0.15) is 0 Å². The number of fused-ring (bicyclic) bond motifs is 1. The van der Waals surface area contributed by atoms with Crippen LogP contribution in [0.15, 0.2) is 18.6 Å². The summed E-state index contributed by atoms with van der Waals surface area (Å²) in [5.74, 6) is 0. The minimum atomic E-state index is 0.0213. The number of rotatable bonds is 2. The predicted octanol–water partition coefficient (Wildman–Crippen LogP) is 1.79. The molecule has 0 spiro atoms. The van der Waals surface area contributed by atoms with E-state index in [4.69, 9.17) is 5.73 Å². The fourth-order valence-electron chi connectivity index (χ4n) is 1.80. The number of nitrogens with two attached hydrogens (primary N) is 1. The van der Waals surface area contributed by atoms with Crippen LogP contribution in [0.1, 0.15) is 37.4 Å². The number of imidazole rings is 1. The van der Waals surface area contributed by atoms with E-state index in [-0.39, 0.29) is 6.04 Å². The molecular formula is C11H14N4. The van der Waals surface area contributed by atoms with Crippen LogP contribution in [0.5, 0.6) is 0 Å². The van der Waals surface area contributed by atoms with Gasteiger partial charge in [-0.15, -0.1) is 0 Å². The van der Waals surface area contributed by atoms with Gasteiger partial charge in [0.15, 0.2) is 5.65 Å². The third kappa shape index (κ3) is 1.41. The van der Waals surface area contributed by atoms with E-state index < -0.39 is 0 Å². The quantitative estimate of drug-likeness (QED) is 0.807. The monoisotopic (exact) mass is 202 g/mol. The summed E-state index contributed by atoms with van der Waals surface area (Å²) >= 11 is 0. The van der Waals surface area contributed by atoms with Crippen molar-refractivity contribution in [2.75, 3.05) is 0 Å². The highest BCUT2D eigenvalue weighted by atomic mass is 15.1. The Labute approximate surface area is 88.1 Å². The van der Waals surface area contributed by atoms with Crippen LogP contribution < -0.4 is 5.73 Å². The average Bonchev–Trinajstić information content (AvgIpc) is 2.98. The molecule has 2 N–H and O–H groups in total. The summed E-state index contributed by atoms with van der Waals surface area (Å²) in [6.07, 6.45) is 6.25. The van der Waals surface area contributed by atoms with Crippen molar-refractivity contribution in [2.45, 2.75) is 31.8 Å². The number of aromatic nitrogens is 3. The Hall–Kier alpha value is -1.42. The maximum atomic E-state index is 5.81. The normalized spacial score (nSPS) is 18.3. The van der Waals surface area contributed by atoms with Crippen molar-refractivity contribution in [3.8, 4) is 0 Å². The van der Waals surface area contributed by atoms with Crippen molar-refractivity contribution in [2.24, 2.45) is 5.73 Å². The van der Waals surface area contributed by atoms with Gasteiger partial charge in [-0.05, 0) is 31.4 Å². The van der Waals surface area contributed by atoms with Gasteiger partial charge < -0.3 is 10.3 Å². The van der Waals surface area contributed by atoms with Crippen LogP contribution in [-0.2, 0) is 0 Å². The molecule has 2 aromatic rings. The lowest BCUT2D eigenvalue weighted by atomic mass is 10.1. The molecule has 2 heterocycles. The van der Waals surface area contributed by atoms with E-state index in [0.717, 1.165) is 16.7 Å². The standard InChI is InChI=1S/C11H14N4/c1-7(12)8-4-10-11(13-5-8)15(6-14-10)9-2-3-9/h4-7,9H,2-3,12H2,1H3. The highest BCUT2D eigenvalue weighted by molar-refractivity contribution is 5.71. The summed E-state index contributed by atoms with van der Waals surface area (Å²) in [7, 11) is 0. The molecule has 2 aromatic heterocycles. The maximum Gasteiger partial charge on any atom is 0.160 e. The number of pyridine rings is 1. The van der Waals surface area contributed by atoms with Crippen LogP contribution in [0.2, 0.25) is 0 Å². The van der Waals surface area contributed by atoms with E-state index in [0.29, 0.717) is 6.04 Å². The van der Waals surface area contributed by atoms with Crippen LogP contribution >= 0.6 is 0 Å². The highest BCUT2D eigenvalue weighted by Crippen LogP contribution is 2.36. The molecule has 3 rings (SSSR count). The summed E-state index contributed by atoms with van der Waals surface area (Å²) in [4.78, 5) is 8.81. The lowest BCUT2D eigenvalue weighted by Gasteiger charge is -2.04. The highest BCUT2D eigenvalue weighted by Gasteiger charge is 2.25. The van der Waals surface area contributed by atoms with Gasteiger partial charge in [-0.25, -0.2) is 9.97 Å². The molecule has 1 atom stereocenters. The second-order valence-electron chi connectivity index (χ2n) is 4.28. The van der Waals surface area contributed by atoms with Gasteiger partial charge in [-0.3, -0.25) is 0 Å². The summed E-state index contributed by atoms with van der Waals surface area (Å²) in [5.41, 5.74) is 8.80. The van der Waals surface area contributed by atoms with Crippen molar-refractivity contribution in [3.05, 3.63) is 24.2 Å². The zero-order valence-electron chi connectivity index (χ0n) is 8.72. The lowest BCUT2D eigenvalue weighted by Crippen LogP contribution is -2.05. The van der Waals surface area contributed by atoms with Gasteiger partial charge in [0.1, 0.15) is 5.52 Å². The largest absolute Gasteiger partial charge is 0.324 e. The molecule has 1 aliphatic carbocycles.